The lowest BCUT2D eigenvalue weighted by atomic mass is 9.95. The summed E-state index contributed by atoms with van der Waals surface area (Å²) >= 11 is 0. The van der Waals surface area contributed by atoms with Crippen LogP contribution in [-0.2, 0) is 0 Å². The molecule has 0 aliphatic rings. The highest BCUT2D eigenvalue weighted by atomic mass is 19.1. The lowest BCUT2D eigenvalue weighted by Crippen LogP contribution is -2.10. The Labute approximate surface area is 175 Å². The second-order valence-corrected chi connectivity index (χ2v) is 8.02. The maximum absolute atomic E-state index is 14.7. The summed E-state index contributed by atoms with van der Waals surface area (Å²) in [6, 6.07) is 15.2. The predicted octanol–water partition coefficient (Wildman–Crippen LogP) is 6.67. The number of carbonyl (C=O) groups excluding carboxylic acids is 2. The average Bonchev–Trinajstić information content (AvgIpc) is 2.74. The first-order valence-electron chi connectivity index (χ1n) is 9.97. The first kappa shape index (κ1) is 21.6. The fourth-order valence-electron chi connectivity index (χ4n) is 3.24. The molecule has 3 rings (SSSR count). The van der Waals surface area contributed by atoms with E-state index in [0.29, 0.717) is 11.8 Å². The van der Waals surface area contributed by atoms with Crippen LogP contribution in [0.3, 0.4) is 0 Å². The van der Waals surface area contributed by atoms with Gasteiger partial charge in [0.2, 0.25) is 0 Å². The standard InChI is InChI=1S/C26H24F2O2/c1-15(2)17-5-9-19(10-6-17)25(29)21-13-24(28)22(14-23(21)27)26(30)20-11-7-18(8-12-20)16(3)4/h5-16H,1-4H3. The molecule has 0 heterocycles. The minimum atomic E-state index is -0.920. The number of hydrogen-bond acceptors (Lipinski definition) is 2. The zero-order valence-electron chi connectivity index (χ0n) is 17.5. The van der Waals surface area contributed by atoms with Crippen molar-refractivity contribution in [2.45, 2.75) is 39.5 Å². The van der Waals surface area contributed by atoms with Crippen LogP contribution in [0.4, 0.5) is 8.78 Å². The summed E-state index contributed by atoms with van der Waals surface area (Å²) in [7, 11) is 0. The van der Waals surface area contributed by atoms with E-state index in [2.05, 4.69) is 0 Å². The van der Waals surface area contributed by atoms with Gasteiger partial charge in [-0.25, -0.2) is 8.78 Å². The quantitative estimate of drug-likeness (QED) is 0.428. The molecule has 0 spiro atoms. The Morgan fingerprint density at radius 1 is 0.600 bits per heavy atom. The molecule has 0 bridgehead atoms. The van der Waals surface area contributed by atoms with Gasteiger partial charge in [-0.2, -0.15) is 0 Å². The highest BCUT2D eigenvalue weighted by Gasteiger charge is 2.22. The van der Waals surface area contributed by atoms with Crippen LogP contribution in [0.25, 0.3) is 0 Å². The first-order chi connectivity index (χ1) is 14.2. The van der Waals surface area contributed by atoms with Crippen molar-refractivity contribution in [1.29, 1.82) is 0 Å². The third-order valence-electron chi connectivity index (χ3n) is 5.23. The van der Waals surface area contributed by atoms with Gasteiger partial charge in [0, 0.05) is 11.1 Å². The number of benzene rings is 3. The van der Waals surface area contributed by atoms with Crippen LogP contribution in [0.2, 0.25) is 0 Å². The summed E-state index contributed by atoms with van der Waals surface area (Å²) in [6.45, 7) is 8.10. The van der Waals surface area contributed by atoms with Gasteiger partial charge >= 0.3 is 0 Å². The van der Waals surface area contributed by atoms with E-state index in [1.807, 2.05) is 27.7 Å². The van der Waals surface area contributed by atoms with Crippen molar-refractivity contribution in [3.63, 3.8) is 0 Å². The van der Waals surface area contributed by atoms with E-state index in [-0.39, 0.29) is 11.1 Å². The zero-order valence-corrected chi connectivity index (χ0v) is 17.5. The summed E-state index contributed by atoms with van der Waals surface area (Å²) in [5.41, 5.74) is 1.83. The van der Waals surface area contributed by atoms with Crippen molar-refractivity contribution in [2.75, 3.05) is 0 Å². The van der Waals surface area contributed by atoms with E-state index < -0.39 is 34.3 Å². The van der Waals surface area contributed by atoms with Crippen molar-refractivity contribution >= 4 is 11.6 Å². The van der Waals surface area contributed by atoms with Gasteiger partial charge in [0.25, 0.3) is 0 Å². The van der Waals surface area contributed by atoms with Crippen molar-refractivity contribution in [3.8, 4) is 0 Å². The molecular weight excluding hydrogens is 382 g/mol. The Kier molecular flexibility index (Phi) is 6.25. The van der Waals surface area contributed by atoms with E-state index in [4.69, 9.17) is 0 Å². The minimum absolute atomic E-state index is 0.265. The molecule has 0 radical (unpaired) electrons. The third-order valence-corrected chi connectivity index (χ3v) is 5.23. The fourth-order valence-corrected chi connectivity index (χ4v) is 3.24. The normalized spacial score (nSPS) is 11.2. The fraction of sp³-hybridized carbons (Fsp3) is 0.231. The SMILES string of the molecule is CC(C)c1ccc(C(=O)c2cc(F)c(C(=O)c3ccc(C(C)C)cc3)cc2F)cc1. The summed E-state index contributed by atoms with van der Waals surface area (Å²) in [6.07, 6.45) is 0. The predicted molar refractivity (Wildman–Crippen MR) is 114 cm³/mol. The number of halogens is 2. The molecule has 0 unspecified atom stereocenters. The monoisotopic (exact) mass is 406 g/mol. The van der Waals surface area contributed by atoms with Crippen molar-refractivity contribution in [2.24, 2.45) is 0 Å². The molecule has 2 nitrogen and oxygen atoms in total. The molecule has 154 valence electrons. The second kappa shape index (κ2) is 8.70. The number of rotatable bonds is 6. The molecular formula is C26H24F2O2. The Balaban J connectivity index is 1.91. The maximum atomic E-state index is 14.7. The van der Waals surface area contributed by atoms with E-state index in [1.165, 1.54) is 0 Å². The number of hydrogen-bond donors (Lipinski definition) is 0. The molecule has 3 aromatic carbocycles. The Morgan fingerprint density at radius 3 is 1.17 bits per heavy atom. The van der Waals surface area contributed by atoms with E-state index >= 15 is 0 Å². The van der Waals surface area contributed by atoms with Crippen molar-refractivity contribution in [1.82, 2.24) is 0 Å². The van der Waals surface area contributed by atoms with Crippen LogP contribution in [0.1, 0.15) is 82.5 Å². The summed E-state index contributed by atoms with van der Waals surface area (Å²) in [4.78, 5) is 25.3. The van der Waals surface area contributed by atoms with Gasteiger partial charge in [-0.15, -0.1) is 0 Å². The Bertz CT molecular complexity index is 990. The van der Waals surface area contributed by atoms with Crippen LogP contribution < -0.4 is 0 Å². The van der Waals surface area contributed by atoms with E-state index in [1.54, 1.807) is 48.5 Å². The molecule has 0 saturated heterocycles. The second-order valence-electron chi connectivity index (χ2n) is 8.02. The summed E-state index contributed by atoms with van der Waals surface area (Å²) in [5.74, 6) is -2.50. The van der Waals surface area contributed by atoms with Crippen molar-refractivity contribution in [3.05, 3.63) is 106 Å². The molecule has 0 fully saturated rings. The van der Waals surface area contributed by atoms with Gasteiger partial charge in [0.05, 0.1) is 11.1 Å². The highest BCUT2D eigenvalue weighted by molar-refractivity contribution is 6.12. The molecule has 4 heteroatoms. The first-order valence-corrected chi connectivity index (χ1v) is 9.97. The van der Waals surface area contributed by atoms with Gasteiger partial charge in [0.1, 0.15) is 11.6 Å². The van der Waals surface area contributed by atoms with Crippen LogP contribution in [0.5, 0.6) is 0 Å². The largest absolute Gasteiger partial charge is 0.288 e. The Morgan fingerprint density at radius 2 is 0.900 bits per heavy atom. The highest BCUT2D eigenvalue weighted by Crippen LogP contribution is 2.23. The van der Waals surface area contributed by atoms with Gasteiger partial charge in [-0.3, -0.25) is 9.59 Å². The van der Waals surface area contributed by atoms with E-state index in [9.17, 15) is 18.4 Å². The summed E-state index contributed by atoms with van der Waals surface area (Å²) < 4.78 is 29.4. The summed E-state index contributed by atoms with van der Waals surface area (Å²) in [5, 5.41) is 0. The molecule has 0 saturated carbocycles. The van der Waals surface area contributed by atoms with E-state index in [0.717, 1.165) is 23.3 Å². The van der Waals surface area contributed by atoms with Crippen LogP contribution in [0.15, 0.2) is 60.7 Å². The smallest absolute Gasteiger partial charge is 0.196 e. The third kappa shape index (κ3) is 4.38. The minimum Gasteiger partial charge on any atom is -0.288 e. The van der Waals surface area contributed by atoms with Gasteiger partial charge in [-0.1, -0.05) is 76.2 Å². The van der Waals surface area contributed by atoms with Crippen LogP contribution in [0, 0.1) is 11.6 Å². The number of ketones is 2. The van der Waals surface area contributed by atoms with Crippen molar-refractivity contribution < 1.29 is 18.4 Å². The van der Waals surface area contributed by atoms with Gasteiger partial charge < -0.3 is 0 Å². The number of carbonyl (C=O) groups is 2. The van der Waals surface area contributed by atoms with Crippen LogP contribution in [-0.4, -0.2) is 11.6 Å². The molecule has 30 heavy (non-hydrogen) atoms. The molecule has 0 aliphatic carbocycles. The molecule has 3 aromatic rings. The molecule has 0 aliphatic heterocycles. The average molecular weight is 406 g/mol. The van der Waals surface area contributed by atoms with Gasteiger partial charge in [0.15, 0.2) is 11.6 Å². The molecule has 0 aromatic heterocycles. The maximum Gasteiger partial charge on any atom is 0.196 e. The topological polar surface area (TPSA) is 34.1 Å². The van der Waals surface area contributed by atoms with Gasteiger partial charge in [-0.05, 0) is 35.1 Å². The Hall–Kier alpha value is -3.14. The lowest BCUT2D eigenvalue weighted by molar-refractivity contribution is 0.102. The molecule has 0 atom stereocenters. The van der Waals surface area contributed by atoms with Crippen LogP contribution >= 0.6 is 0 Å². The lowest BCUT2D eigenvalue weighted by Gasteiger charge is -2.10. The zero-order chi connectivity index (χ0) is 22.0. The molecule has 0 N–H and O–H groups in total. The molecule has 0 amide bonds.